The van der Waals surface area contributed by atoms with Gasteiger partial charge in [0.15, 0.2) is 0 Å². The Morgan fingerprint density at radius 1 is 1.29 bits per heavy atom. The lowest BCUT2D eigenvalue weighted by molar-refractivity contribution is -0.140. The van der Waals surface area contributed by atoms with E-state index in [0.29, 0.717) is 6.61 Å². The van der Waals surface area contributed by atoms with Crippen molar-refractivity contribution in [2.45, 2.75) is 33.1 Å². The molecule has 0 aliphatic carbocycles. The van der Waals surface area contributed by atoms with E-state index in [1.165, 1.54) is 5.56 Å². The molecule has 0 atom stereocenters. The van der Waals surface area contributed by atoms with Crippen molar-refractivity contribution in [2.24, 2.45) is 0 Å². The molecule has 94 valence electrons. The molecule has 0 saturated heterocycles. The second-order valence-electron chi connectivity index (χ2n) is 4.95. The van der Waals surface area contributed by atoms with Crippen molar-refractivity contribution in [3.05, 3.63) is 29.8 Å². The number of carbonyl (C=O) groups excluding carboxylic acids is 1. The third-order valence-electron chi connectivity index (χ3n) is 2.46. The maximum absolute atomic E-state index is 11.3. The van der Waals surface area contributed by atoms with Gasteiger partial charge in [0.05, 0.1) is 6.61 Å². The molecule has 0 amide bonds. The van der Waals surface area contributed by atoms with Gasteiger partial charge in [-0.2, -0.15) is 0 Å². The normalized spacial score (nSPS) is 11.1. The van der Waals surface area contributed by atoms with Crippen LogP contribution in [0.4, 0.5) is 5.69 Å². The molecule has 3 nitrogen and oxygen atoms in total. The first-order chi connectivity index (χ1) is 7.95. The molecule has 0 fully saturated rings. The molecule has 0 aliphatic rings. The van der Waals surface area contributed by atoms with Crippen molar-refractivity contribution < 1.29 is 9.53 Å². The van der Waals surface area contributed by atoms with Crippen LogP contribution in [-0.2, 0) is 14.9 Å². The van der Waals surface area contributed by atoms with Gasteiger partial charge in [-0.25, -0.2) is 0 Å². The fourth-order valence-corrected chi connectivity index (χ4v) is 1.67. The minimum atomic E-state index is -0.226. The van der Waals surface area contributed by atoms with Crippen molar-refractivity contribution in [1.82, 2.24) is 0 Å². The second kappa shape index (κ2) is 5.71. The Balaban J connectivity index is 2.74. The summed E-state index contributed by atoms with van der Waals surface area (Å²) in [5, 5.41) is 3.13. The van der Waals surface area contributed by atoms with Gasteiger partial charge in [-0.1, -0.05) is 39.0 Å². The van der Waals surface area contributed by atoms with E-state index in [9.17, 15) is 4.79 Å². The monoisotopic (exact) mass is 235 g/mol. The number of ether oxygens (including phenoxy) is 1. The largest absolute Gasteiger partial charge is 0.465 e. The molecule has 0 radical (unpaired) electrons. The van der Waals surface area contributed by atoms with Gasteiger partial charge in [0.2, 0.25) is 0 Å². The lowest BCUT2D eigenvalue weighted by Gasteiger charge is -2.23. The summed E-state index contributed by atoms with van der Waals surface area (Å²) in [6.07, 6.45) is 0. The van der Waals surface area contributed by atoms with Crippen LogP contribution in [0.25, 0.3) is 0 Å². The van der Waals surface area contributed by atoms with Crippen LogP contribution in [0, 0.1) is 0 Å². The standard InChI is InChI=1S/C14H21NO2/c1-5-17-13(16)10-15-12-9-7-6-8-11(12)14(2,3)4/h6-9,15H,5,10H2,1-4H3. The first-order valence-electron chi connectivity index (χ1n) is 5.94. The average Bonchev–Trinajstić information content (AvgIpc) is 2.26. The van der Waals surface area contributed by atoms with E-state index in [4.69, 9.17) is 4.74 Å². The van der Waals surface area contributed by atoms with Crippen molar-refractivity contribution in [2.75, 3.05) is 18.5 Å². The van der Waals surface area contributed by atoms with Crippen LogP contribution in [-0.4, -0.2) is 19.1 Å². The molecule has 1 N–H and O–H groups in total. The highest BCUT2D eigenvalue weighted by molar-refractivity contribution is 5.75. The number of carbonyl (C=O) groups is 1. The average molecular weight is 235 g/mol. The van der Waals surface area contributed by atoms with Crippen molar-refractivity contribution in [3.8, 4) is 0 Å². The summed E-state index contributed by atoms with van der Waals surface area (Å²) in [4.78, 5) is 11.3. The van der Waals surface area contributed by atoms with Crippen molar-refractivity contribution in [1.29, 1.82) is 0 Å². The number of anilines is 1. The van der Waals surface area contributed by atoms with Crippen LogP contribution in [0.5, 0.6) is 0 Å². The van der Waals surface area contributed by atoms with Gasteiger partial charge in [0.1, 0.15) is 6.54 Å². The number of hydrogen-bond donors (Lipinski definition) is 1. The highest BCUT2D eigenvalue weighted by Gasteiger charge is 2.17. The van der Waals surface area contributed by atoms with Gasteiger partial charge in [-0.15, -0.1) is 0 Å². The smallest absolute Gasteiger partial charge is 0.325 e. The van der Waals surface area contributed by atoms with Crippen LogP contribution in [0.2, 0.25) is 0 Å². The molecule has 17 heavy (non-hydrogen) atoms. The first kappa shape index (κ1) is 13.6. The Morgan fingerprint density at radius 2 is 1.94 bits per heavy atom. The van der Waals surface area contributed by atoms with Gasteiger partial charge in [0.25, 0.3) is 0 Å². The Kier molecular flexibility index (Phi) is 4.55. The molecule has 1 aromatic carbocycles. The molecule has 0 heterocycles. The summed E-state index contributed by atoms with van der Waals surface area (Å²) in [5.41, 5.74) is 2.25. The number of para-hydroxylation sites is 1. The number of rotatable bonds is 4. The van der Waals surface area contributed by atoms with Crippen LogP contribution in [0.3, 0.4) is 0 Å². The summed E-state index contributed by atoms with van der Waals surface area (Å²) < 4.78 is 4.89. The molecular formula is C14H21NO2. The number of benzene rings is 1. The van der Waals surface area contributed by atoms with E-state index in [0.717, 1.165) is 5.69 Å². The zero-order valence-corrected chi connectivity index (χ0v) is 11.0. The molecule has 0 aromatic heterocycles. The predicted octanol–water partition coefficient (Wildman–Crippen LogP) is 2.96. The van der Waals surface area contributed by atoms with Gasteiger partial charge in [-0.3, -0.25) is 4.79 Å². The van der Waals surface area contributed by atoms with E-state index >= 15 is 0 Å². The highest BCUT2D eigenvalue weighted by Crippen LogP contribution is 2.28. The highest BCUT2D eigenvalue weighted by atomic mass is 16.5. The Bertz CT molecular complexity index is 380. The van der Waals surface area contributed by atoms with Crippen molar-refractivity contribution in [3.63, 3.8) is 0 Å². The molecule has 1 rings (SSSR count). The third-order valence-corrected chi connectivity index (χ3v) is 2.46. The van der Waals surface area contributed by atoms with E-state index in [-0.39, 0.29) is 17.9 Å². The summed E-state index contributed by atoms with van der Waals surface area (Å²) in [6, 6.07) is 8.03. The molecule has 3 heteroatoms. The van der Waals surface area contributed by atoms with Gasteiger partial charge < -0.3 is 10.1 Å². The Labute approximate surface area is 103 Å². The minimum Gasteiger partial charge on any atom is -0.465 e. The lowest BCUT2D eigenvalue weighted by atomic mass is 9.86. The quantitative estimate of drug-likeness (QED) is 0.815. The summed E-state index contributed by atoms with van der Waals surface area (Å²) in [7, 11) is 0. The third kappa shape index (κ3) is 4.10. The van der Waals surface area contributed by atoms with Crippen LogP contribution >= 0.6 is 0 Å². The van der Waals surface area contributed by atoms with Gasteiger partial charge in [-0.05, 0) is 24.0 Å². The van der Waals surface area contributed by atoms with E-state index in [1.54, 1.807) is 6.92 Å². The summed E-state index contributed by atoms with van der Waals surface area (Å²) in [5.74, 6) is -0.226. The van der Waals surface area contributed by atoms with Gasteiger partial charge in [0, 0.05) is 5.69 Å². The first-order valence-corrected chi connectivity index (χ1v) is 5.94. The molecule has 1 aromatic rings. The number of hydrogen-bond acceptors (Lipinski definition) is 3. The maximum atomic E-state index is 11.3. The Morgan fingerprint density at radius 3 is 2.53 bits per heavy atom. The Hall–Kier alpha value is -1.51. The second-order valence-corrected chi connectivity index (χ2v) is 4.95. The number of nitrogens with one attached hydrogen (secondary N) is 1. The number of esters is 1. The van der Waals surface area contributed by atoms with Crippen LogP contribution in [0.15, 0.2) is 24.3 Å². The topological polar surface area (TPSA) is 38.3 Å². The van der Waals surface area contributed by atoms with Crippen molar-refractivity contribution >= 4 is 11.7 Å². The van der Waals surface area contributed by atoms with Gasteiger partial charge >= 0.3 is 5.97 Å². The zero-order chi connectivity index (χ0) is 12.9. The molecule has 0 bridgehead atoms. The SMILES string of the molecule is CCOC(=O)CNc1ccccc1C(C)(C)C. The fraction of sp³-hybridized carbons (Fsp3) is 0.500. The molecule has 0 unspecified atom stereocenters. The van der Waals surface area contributed by atoms with E-state index in [2.05, 4.69) is 32.2 Å². The molecule has 0 saturated carbocycles. The lowest BCUT2D eigenvalue weighted by Crippen LogP contribution is -2.20. The maximum Gasteiger partial charge on any atom is 0.325 e. The minimum absolute atomic E-state index is 0.0538. The molecular weight excluding hydrogens is 214 g/mol. The van der Waals surface area contributed by atoms with Crippen LogP contribution < -0.4 is 5.32 Å². The molecule has 0 aliphatic heterocycles. The molecule has 0 spiro atoms. The van der Waals surface area contributed by atoms with Crippen LogP contribution in [0.1, 0.15) is 33.3 Å². The van der Waals surface area contributed by atoms with E-state index < -0.39 is 0 Å². The summed E-state index contributed by atoms with van der Waals surface area (Å²) >= 11 is 0. The van der Waals surface area contributed by atoms with E-state index in [1.807, 2.05) is 18.2 Å². The summed E-state index contributed by atoms with van der Waals surface area (Å²) in [6.45, 7) is 8.89. The fourth-order valence-electron chi connectivity index (χ4n) is 1.67. The zero-order valence-electron chi connectivity index (χ0n) is 11.0. The predicted molar refractivity (Wildman–Crippen MR) is 70.3 cm³/mol.